The van der Waals surface area contributed by atoms with Crippen LogP contribution < -0.4 is 5.32 Å². The number of aryl methyl sites for hydroxylation is 1. The van der Waals surface area contributed by atoms with Gasteiger partial charge in [0.1, 0.15) is 5.54 Å². The summed E-state index contributed by atoms with van der Waals surface area (Å²) in [5.74, 6) is 0.0659. The van der Waals surface area contributed by atoms with E-state index in [-0.39, 0.29) is 18.4 Å². The molecule has 2 amide bonds. The van der Waals surface area contributed by atoms with Gasteiger partial charge in [-0.3, -0.25) is 14.3 Å². The van der Waals surface area contributed by atoms with E-state index < -0.39 is 5.54 Å². The first-order valence-corrected chi connectivity index (χ1v) is 7.17. The predicted octanol–water partition coefficient (Wildman–Crippen LogP) is 0.234. The SMILES string of the molecule is Cn1cc(CCN2CC(=O)NC3(CCCC3)C2=O)cn1. The summed E-state index contributed by atoms with van der Waals surface area (Å²) < 4.78 is 1.75. The summed E-state index contributed by atoms with van der Waals surface area (Å²) in [4.78, 5) is 26.2. The molecule has 108 valence electrons. The van der Waals surface area contributed by atoms with Gasteiger partial charge in [0.2, 0.25) is 11.8 Å². The highest BCUT2D eigenvalue weighted by Gasteiger charge is 2.47. The number of hydrogen-bond donors (Lipinski definition) is 1. The molecule has 0 unspecified atom stereocenters. The van der Waals surface area contributed by atoms with Crippen molar-refractivity contribution in [2.24, 2.45) is 7.05 Å². The van der Waals surface area contributed by atoms with E-state index in [9.17, 15) is 9.59 Å². The van der Waals surface area contributed by atoms with Gasteiger partial charge in [-0.05, 0) is 24.8 Å². The largest absolute Gasteiger partial charge is 0.340 e. The lowest BCUT2D eigenvalue weighted by molar-refractivity contribution is -0.149. The summed E-state index contributed by atoms with van der Waals surface area (Å²) in [6, 6.07) is 0. The smallest absolute Gasteiger partial charge is 0.248 e. The van der Waals surface area contributed by atoms with E-state index in [1.165, 1.54) is 0 Å². The average molecular weight is 276 g/mol. The molecule has 1 spiro atoms. The number of nitrogens with one attached hydrogen (secondary N) is 1. The third kappa shape index (κ3) is 2.30. The zero-order valence-corrected chi connectivity index (χ0v) is 11.8. The molecule has 1 aliphatic carbocycles. The molecule has 2 fully saturated rings. The lowest BCUT2D eigenvalue weighted by Crippen LogP contribution is -2.65. The summed E-state index contributed by atoms with van der Waals surface area (Å²) in [7, 11) is 1.87. The first-order valence-electron chi connectivity index (χ1n) is 7.17. The summed E-state index contributed by atoms with van der Waals surface area (Å²) >= 11 is 0. The van der Waals surface area contributed by atoms with Crippen molar-refractivity contribution in [3.05, 3.63) is 18.0 Å². The molecule has 0 atom stereocenters. The Morgan fingerprint density at radius 1 is 1.35 bits per heavy atom. The second-order valence-electron chi connectivity index (χ2n) is 5.84. The topological polar surface area (TPSA) is 67.2 Å². The highest BCUT2D eigenvalue weighted by molar-refractivity contribution is 5.98. The van der Waals surface area contributed by atoms with Gasteiger partial charge in [0.05, 0.1) is 12.7 Å². The molecule has 1 aromatic rings. The number of hydrogen-bond acceptors (Lipinski definition) is 3. The summed E-state index contributed by atoms with van der Waals surface area (Å²) in [6.45, 7) is 0.764. The van der Waals surface area contributed by atoms with Crippen molar-refractivity contribution in [2.45, 2.75) is 37.6 Å². The van der Waals surface area contributed by atoms with Crippen LogP contribution in [0.3, 0.4) is 0 Å². The van der Waals surface area contributed by atoms with Gasteiger partial charge < -0.3 is 10.2 Å². The van der Waals surface area contributed by atoms with Crippen LogP contribution in [0.25, 0.3) is 0 Å². The van der Waals surface area contributed by atoms with E-state index >= 15 is 0 Å². The van der Waals surface area contributed by atoms with Gasteiger partial charge in [0.15, 0.2) is 0 Å². The third-order valence-corrected chi connectivity index (χ3v) is 4.30. The molecule has 0 bridgehead atoms. The maximum atomic E-state index is 12.6. The van der Waals surface area contributed by atoms with Gasteiger partial charge in [0, 0.05) is 19.8 Å². The van der Waals surface area contributed by atoms with E-state index in [4.69, 9.17) is 0 Å². The maximum Gasteiger partial charge on any atom is 0.248 e. The highest BCUT2D eigenvalue weighted by atomic mass is 16.2. The number of aromatic nitrogens is 2. The van der Waals surface area contributed by atoms with Crippen LogP contribution in [0.5, 0.6) is 0 Å². The number of carbonyl (C=O) groups excluding carboxylic acids is 2. The van der Waals surface area contributed by atoms with Crippen molar-refractivity contribution >= 4 is 11.8 Å². The maximum absolute atomic E-state index is 12.6. The lowest BCUT2D eigenvalue weighted by atomic mass is 9.93. The number of amides is 2. The number of nitrogens with zero attached hydrogens (tertiary/aromatic N) is 3. The van der Waals surface area contributed by atoms with E-state index in [0.717, 1.165) is 37.7 Å². The van der Waals surface area contributed by atoms with Gasteiger partial charge in [-0.25, -0.2) is 0 Å². The molecule has 1 saturated carbocycles. The zero-order valence-electron chi connectivity index (χ0n) is 11.8. The van der Waals surface area contributed by atoms with Crippen LogP contribution in [-0.4, -0.2) is 45.1 Å². The van der Waals surface area contributed by atoms with Crippen molar-refractivity contribution in [3.63, 3.8) is 0 Å². The molecular formula is C14H20N4O2. The Bertz CT molecular complexity index is 531. The fourth-order valence-electron chi connectivity index (χ4n) is 3.27. The van der Waals surface area contributed by atoms with Crippen LogP contribution in [0, 0.1) is 0 Å². The molecule has 2 heterocycles. The molecule has 1 N–H and O–H groups in total. The Morgan fingerprint density at radius 3 is 2.75 bits per heavy atom. The molecule has 6 nitrogen and oxygen atoms in total. The predicted molar refractivity (Wildman–Crippen MR) is 72.8 cm³/mol. The van der Waals surface area contributed by atoms with Crippen molar-refractivity contribution in [1.29, 1.82) is 0 Å². The minimum atomic E-state index is -0.607. The van der Waals surface area contributed by atoms with Gasteiger partial charge in [-0.1, -0.05) is 12.8 Å². The van der Waals surface area contributed by atoms with Crippen LogP contribution in [0.15, 0.2) is 12.4 Å². The Morgan fingerprint density at radius 2 is 2.10 bits per heavy atom. The number of rotatable bonds is 3. The molecular weight excluding hydrogens is 256 g/mol. The minimum absolute atomic E-state index is 0.0299. The number of piperazine rings is 1. The lowest BCUT2D eigenvalue weighted by Gasteiger charge is -2.39. The van der Waals surface area contributed by atoms with E-state index in [1.54, 1.807) is 15.8 Å². The van der Waals surface area contributed by atoms with Gasteiger partial charge in [-0.15, -0.1) is 0 Å². The molecule has 20 heavy (non-hydrogen) atoms. The van der Waals surface area contributed by atoms with Crippen molar-refractivity contribution < 1.29 is 9.59 Å². The standard InChI is InChI=1S/C14H20N4O2/c1-17-9-11(8-15-17)4-7-18-10-12(19)16-14(13(18)20)5-2-3-6-14/h8-9H,2-7,10H2,1H3,(H,16,19). The van der Waals surface area contributed by atoms with Crippen molar-refractivity contribution in [1.82, 2.24) is 20.0 Å². The molecule has 6 heteroatoms. The average Bonchev–Trinajstić information content (AvgIpc) is 3.02. The summed E-state index contributed by atoms with van der Waals surface area (Å²) in [5, 5.41) is 7.05. The first kappa shape index (κ1) is 13.1. The monoisotopic (exact) mass is 276 g/mol. The Labute approximate surface area is 118 Å². The van der Waals surface area contributed by atoms with Crippen molar-refractivity contribution in [3.8, 4) is 0 Å². The van der Waals surface area contributed by atoms with Crippen LogP contribution >= 0.6 is 0 Å². The van der Waals surface area contributed by atoms with Gasteiger partial charge >= 0.3 is 0 Å². The zero-order chi connectivity index (χ0) is 14.2. The second kappa shape index (κ2) is 4.92. The molecule has 1 saturated heterocycles. The van der Waals surface area contributed by atoms with Crippen LogP contribution in [0.4, 0.5) is 0 Å². The van der Waals surface area contributed by atoms with Gasteiger partial charge in [0.25, 0.3) is 0 Å². The van der Waals surface area contributed by atoms with E-state index in [1.807, 2.05) is 13.2 Å². The quantitative estimate of drug-likeness (QED) is 0.859. The van der Waals surface area contributed by atoms with Crippen LogP contribution in [0.1, 0.15) is 31.2 Å². The molecule has 0 radical (unpaired) electrons. The van der Waals surface area contributed by atoms with E-state index in [0.29, 0.717) is 6.54 Å². The number of carbonyl (C=O) groups is 2. The normalized spacial score (nSPS) is 21.6. The van der Waals surface area contributed by atoms with Gasteiger partial charge in [-0.2, -0.15) is 5.10 Å². The van der Waals surface area contributed by atoms with Crippen LogP contribution in [0.2, 0.25) is 0 Å². The third-order valence-electron chi connectivity index (χ3n) is 4.30. The summed E-state index contributed by atoms with van der Waals surface area (Å²) in [6.07, 6.45) is 8.08. The minimum Gasteiger partial charge on any atom is -0.340 e. The molecule has 1 aromatic heterocycles. The second-order valence-corrected chi connectivity index (χ2v) is 5.84. The Balaban J connectivity index is 1.68. The molecule has 2 aliphatic rings. The Hall–Kier alpha value is -1.85. The molecule has 3 rings (SSSR count). The molecule has 1 aliphatic heterocycles. The fourth-order valence-corrected chi connectivity index (χ4v) is 3.27. The molecule has 0 aromatic carbocycles. The summed E-state index contributed by atoms with van der Waals surface area (Å²) in [5.41, 5.74) is 0.483. The van der Waals surface area contributed by atoms with E-state index in [2.05, 4.69) is 10.4 Å². The van der Waals surface area contributed by atoms with Crippen LogP contribution in [-0.2, 0) is 23.1 Å². The Kier molecular flexibility index (Phi) is 3.23. The van der Waals surface area contributed by atoms with Crippen molar-refractivity contribution in [2.75, 3.05) is 13.1 Å². The first-order chi connectivity index (χ1) is 9.59. The highest BCUT2D eigenvalue weighted by Crippen LogP contribution is 2.33. The fraction of sp³-hybridized carbons (Fsp3) is 0.643.